The van der Waals surface area contributed by atoms with Gasteiger partial charge >= 0.3 is 0 Å². The van der Waals surface area contributed by atoms with Crippen molar-refractivity contribution in [3.8, 4) is 0 Å². The number of benzene rings is 1. The molecular weight excluding hydrogens is 240 g/mol. The fraction of sp³-hybridized carbons (Fsp3) is 0.417. The summed E-state index contributed by atoms with van der Waals surface area (Å²) in [5.41, 5.74) is 7.85. The van der Waals surface area contributed by atoms with Gasteiger partial charge in [-0.2, -0.15) is 0 Å². The smallest absolute Gasteiger partial charge is 0.106 e. The summed E-state index contributed by atoms with van der Waals surface area (Å²) in [4.78, 5) is 0.378. The summed E-state index contributed by atoms with van der Waals surface area (Å²) in [6.45, 7) is 4.47. The molecule has 0 heterocycles. The Kier molecular flexibility index (Phi) is 2.84. The molecule has 16 heavy (non-hydrogen) atoms. The van der Waals surface area contributed by atoms with Crippen molar-refractivity contribution >= 4 is 34.5 Å². The summed E-state index contributed by atoms with van der Waals surface area (Å²) in [7, 11) is 0. The molecule has 0 spiro atoms. The van der Waals surface area contributed by atoms with Gasteiger partial charge in [-0.3, -0.25) is 0 Å². The molecule has 0 radical (unpaired) electrons. The van der Waals surface area contributed by atoms with Crippen LogP contribution in [0.25, 0.3) is 0 Å². The third-order valence-electron chi connectivity index (χ3n) is 3.09. The third-order valence-corrected chi connectivity index (χ3v) is 3.55. The minimum Gasteiger partial charge on any atom is -0.389 e. The maximum atomic E-state index is 5.93. The Bertz CT molecular complexity index is 443. The molecule has 1 unspecified atom stereocenters. The maximum Gasteiger partial charge on any atom is 0.106 e. The number of thiocarbonyl (C=S) groups is 1. The number of rotatable bonds is 3. The Labute approximate surface area is 106 Å². The van der Waals surface area contributed by atoms with Gasteiger partial charge in [0.1, 0.15) is 4.99 Å². The molecule has 2 rings (SSSR count). The first-order valence-electron chi connectivity index (χ1n) is 5.26. The quantitative estimate of drug-likeness (QED) is 0.814. The highest BCUT2D eigenvalue weighted by Gasteiger charge is 2.45. The van der Waals surface area contributed by atoms with Gasteiger partial charge in [0, 0.05) is 22.3 Å². The van der Waals surface area contributed by atoms with Crippen LogP contribution in [0.5, 0.6) is 0 Å². The Balaban J connectivity index is 2.24. The highest BCUT2D eigenvalue weighted by Crippen LogP contribution is 2.46. The first kappa shape index (κ1) is 11.7. The molecule has 0 aromatic heterocycles. The number of hydrogen-bond acceptors (Lipinski definition) is 2. The minimum atomic E-state index is 0.368. The van der Waals surface area contributed by atoms with Gasteiger partial charge in [-0.1, -0.05) is 37.7 Å². The molecule has 1 fully saturated rings. The molecule has 1 aromatic rings. The lowest BCUT2D eigenvalue weighted by Crippen LogP contribution is -2.16. The molecule has 2 nitrogen and oxygen atoms in total. The zero-order chi connectivity index (χ0) is 11.9. The molecule has 0 aliphatic heterocycles. The van der Waals surface area contributed by atoms with E-state index >= 15 is 0 Å². The fourth-order valence-electron chi connectivity index (χ4n) is 1.75. The van der Waals surface area contributed by atoms with E-state index in [1.54, 1.807) is 0 Å². The van der Waals surface area contributed by atoms with E-state index in [0.29, 0.717) is 21.5 Å². The van der Waals surface area contributed by atoms with Crippen molar-refractivity contribution in [1.82, 2.24) is 0 Å². The van der Waals surface area contributed by atoms with Crippen molar-refractivity contribution in [3.05, 3.63) is 28.8 Å². The lowest BCUT2D eigenvalue weighted by molar-refractivity contribution is 0.630. The van der Waals surface area contributed by atoms with Gasteiger partial charge in [-0.15, -0.1) is 0 Å². The molecule has 1 aromatic carbocycles. The van der Waals surface area contributed by atoms with Gasteiger partial charge in [0.05, 0.1) is 0 Å². The first-order valence-corrected chi connectivity index (χ1v) is 6.05. The van der Waals surface area contributed by atoms with Crippen LogP contribution in [0.2, 0.25) is 5.02 Å². The zero-order valence-electron chi connectivity index (χ0n) is 9.38. The zero-order valence-corrected chi connectivity index (χ0v) is 11.0. The van der Waals surface area contributed by atoms with Crippen molar-refractivity contribution in [1.29, 1.82) is 0 Å². The van der Waals surface area contributed by atoms with Crippen molar-refractivity contribution in [2.75, 3.05) is 5.32 Å². The molecule has 0 bridgehead atoms. The molecule has 4 heteroatoms. The summed E-state index contributed by atoms with van der Waals surface area (Å²) in [5.74, 6) is 0. The van der Waals surface area contributed by atoms with Crippen LogP contribution in [0.1, 0.15) is 25.8 Å². The van der Waals surface area contributed by atoms with Crippen molar-refractivity contribution in [2.45, 2.75) is 26.3 Å². The van der Waals surface area contributed by atoms with Crippen molar-refractivity contribution in [2.24, 2.45) is 11.1 Å². The first-order chi connectivity index (χ1) is 7.40. The van der Waals surface area contributed by atoms with E-state index < -0.39 is 0 Å². The summed E-state index contributed by atoms with van der Waals surface area (Å²) in [5, 5.41) is 4.11. The minimum absolute atomic E-state index is 0.368. The number of halogens is 1. The second kappa shape index (κ2) is 3.90. The van der Waals surface area contributed by atoms with Crippen molar-refractivity contribution in [3.63, 3.8) is 0 Å². The lowest BCUT2D eigenvalue weighted by atomic mass is 10.1. The number of hydrogen-bond donors (Lipinski definition) is 2. The average molecular weight is 255 g/mol. The SMILES string of the molecule is CC1(C)CC1Nc1ccc(Cl)cc1C(N)=S. The van der Waals surface area contributed by atoms with Gasteiger partial charge in [-0.05, 0) is 30.0 Å². The number of nitrogens with one attached hydrogen (secondary N) is 1. The topological polar surface area (TPSA) is 38.0 Å². The van der Waals surface area contributed by atoms with Gasteiger partial charge in [0.25, 0.3) is 0 Å². The fourth-order valence-corrected chi connectivity index (χ4v) is 2.09. The molecule has 1 saturated carbocycles. The Morgan fingerprint density at radius 3 is 2.69 bits per heavy atom. The van der Waals surface area contributed by atoms with E-state index in [0.717, 1.165) is 11.3 Å². The monoisotopic (exact) mass is 254 g/mol. The predicted molar refractivity (Wildman–Crippen MR) is 73.1 cm³/mol. The van der Waals surface area contributed by atoms with E-state index in [2.05, 4.69) is 19.2 Å². The second-order valence-electron chi connectivity index (χ2n) is 4.94. The molecule has 1 aliphatic rings. The Hall–Kier alpha value is -0.800. The highest BCUT2D eigenvalue weighted by atomic mass is 35.5. The predicted octanol–water partition coefficient (Wildman–Crippen LogP) is 3.18. The van der Waals surface area contributed by atoms with Crippen LogP contribution in [0.4, 0.5) is 5.69 Å². The van der Waals surface area contributed by atoms with E-state index in [1.807, 2.05) is 18.2 Å². The number of anilines is 1. The van der Waals surface area contributed by atoms with Crippen LogP contribution in [0.3, 0.4) is 0 Å². The largest absolute Gasteiger partial charge is 0.389 e. The maximum absolute atomic E-state index is 5.93. The van der Waals surface area contributed by atoms with Crippen LogP contribution in [0.15, 0.2) is 18.2 Å². The van der Waals surface area contributed by atoms with Gasteiger partial charge in [0.15, 0.2) is 0 Å². The summed E-state index contributed by atoms with van der Waals surface area (Å²) in [6.07, 6.45) is 1.17. The van der Waals surface area contributed by atoms with E-state index in [-0.39, 0.29) is 0 Å². The Morgan fingerprint density at radius 1 is 1.56 bits per heavy atom. The Morgan fingerprint density at radius 2 is 2.19 bits per heavy atom. The standard InChI is InChI=1S/C12H15ClN2S/c1-12(2)6-10(12)15-9-4-3-7(13)5-8(9)11(14)16/h3-5,10,15H,6H2,1-2H3,(H2,14,16). The molecule has 0 amide bonds. The van der Waals surface area contributed by atoms with E-state index in [9.17, 15) is 0 Å². The van der Waals surface area contributed by atoms with E-state index in [4.69, 9.17) is 29.6 Å². The summed E-state index contributed by atoms with van der Waals surface area (Å²) < 4.78 is 0. The molecule has 3 N–H and O–H groups in total. The summed E-state index contributed by atoms with van der Waals surface area (Å²) >= 11 is 10.9. The molecule has 1 atom stereocenters. The van der Waals surface area contributed by atoms with Gasteiger partial charge in [-0.25, -0.2) is 0 Å². The van der Waals surface area contributed by atoms with Gasteiger partial charge in [0.2, 0.25) is 0 Å². The molecular formula is C12H15ClN2S. The van der Waals surface area contributed by atoms with Crippen molar-refractivity contribution < 1.29 is 0 Å². The van der Waals surface area contributed by atoms with Gasteiger partial charge < -0.3 is 11.1 Å². The molecule has 0 saturated heterocycles. The number of nitrogens with two attached hydrogens (primary N) is 1. The van der Waals surface area contributed by atoms with Crippen LogP contribution in [0, 0.1) is 5.41 Å². The van der Waals surface area contributed by atoms with Crippen LogP contribution in [-0.4, -0.2) is 11.0 Å². The highest BCUT2D eigenvalue weighted by molar-refractivity contribution is 7.80. The van der Waals surface area contributed by atoms with Crippen LogP contribution in [-0.2, 0) is 0 Å². The third kappa shape index (κ3) is 2.30. The second-order valence-corrected chi connectivity index (χ2v) is 5.82. The molecule has 86 valence electrons. The van der Waals surface area contributed by atoms with Crippen LogP contribution < -0.4 is 11.1 Å². The lowest BCUT2D eigenvalue weighted by Gasteiger charge is -2.12. The summed E-state index contributed by atoms with van der Waals surface area (Å²) in [6, 6.07) is 6.09. The normalized spacial score (nSPS) is 21.6. The average Bonchev–Trinajstić information content (AvgIpc) is 2.76. The van der Waals surface area contributed by atoms with Crippen LogP contribution >= 0.6 is 23.8 Å². The van der Waals surface area contributed by atoms with E-state index in [1.165, 1.54) is 6.42 Å². The molecule has 1 aliphatic carbocycles.